The molecule has 1 amide bonds. The molecule has 1 aromatic heterocycles. The SMILES string of the molecule is Cc1ccc([N+](=O)[O-])cc1NC(=O)CCN1CCNCC1c1nccn1C. The van der Waals surface area contributed by atoms with Gasteiger partial charge in [-0.05, 0) is 12.5 Å². The van der Waals surface area contributed by atoms with Gasteiger partial charge in [0.2, 0.25) is 5.91 Å². The molecule has 9 nitrogen and oxygen atoms in total. The first-order valence-corrected chi connectivity index (χ1v) is 8.92. The van der Waals surface area contributed by atoms with Crippen molar-refractivity contribution in [2.24, 2.45) is 7.05 Å². The van der Waals surface area contributed by atoms with Crippen LogP contribution in [0.5, 0.6) is 0 Å². The second kappa shape index (κ2) is 8.28. The average Bonchev–Trinajstić information content (AvgIpc) is 3.07. The molecule has 2 N–H and O–H groups in total. The van der Waals surface area contributed by atoms with Crippen LogP contribution in [0, 0.1) is 17.0 Å². The molecule has 0 saturated carbocycles. The van der Waals surface area contributed by atoms with Crippen LogP contribution in [0.15, 0.2) is 30.6 Å². The Morgan fingerprint density at radius 2 is 2.30 bits per heavy atom. The first kappa shape index (κ1) is 19.0. The van der Waals surface area contributed by atoms with E-state index in [-0.39, 0.29) is 17.6 Å². The third-order valence-electron chi connectivity index (χ3n) is 4.84. The summed E-state index contributed by atoms with van der Waals surface area (Å²) >= 11 is 0. The van der Waals surface area contributed by atoms with E-state index in [1.54, 1.807) is 12.3 Å². The van der Waals surface area contributed by atoms with Crippen LogP contribution in [-0.2, 0) is 11.8 Å². The van der Waals surface area contributed by atoms with Gasteiger partial charge < -0.3 is 15.2 Å². The zero-order valence-corrected chi connectivity index (χ0v) is 15.5. The number of hydrogen-bond donors (Lipinski definition) is 2. The van der Waals surface area contributed by atoms with Crippen molar-refractivity contribution in [3.8, 4) is 0 Å². The van der Waals surface area contributed by atoms with Gasteiger partial charge in [-0.2, -0.15) is 0 Å². The number of nitro benzene ring substituents is 1. The molecule has 144 valence electrons. The summed E-state index contributed by atoms with van der Waals surface area (Å²) in [6.45, 7) is 4.90. The lowest BCUT2D eigenvalue weighted by Crippen LogP contribution is -2.47. The minimum absolute atomic E-state index is 0.0344. The first-order chi connectivity index (χ1) is 13.0. The monoisotopic (exact) mass is 372 g/mol. The number of imidazole rings is 1. The third kappa shape index (κ3) is 4.50. The quantitative estimate of drug-likeness (QED) is 0.590. The molecular formula is C18H24N6O3. The molecule has 1 aliphatic rings. The number of aromatic nitrogens is 2. The highest BCUT2D eigenvalue weighted by molar-refractivity contribution is 5.92. The van der Waals surface area contributed by atoms with Gasteiger partial charge in [0.05, 0.1) is 16.7 Å². The second-order valence-corrected chi connectivity index (χ2v) is 6.71. The molecule has 0 spiro atoms. The van der Waals surface area contributed by atoms with E-state index in [9.17, 15) is 14.9 Å². The summed E-state index contributed by atoms with van der Waals surface area (Å²) < 4.78 is 2.00. The molecule has 3 rings (SSSR count). The average molecular weight is 372 g/mol. The maximum Gasteiger partial charge on any atom is 0.271 e. The second-order valence-electron chi connectivity index (χ2n) is 6.71. The smallest absolute Gasteiger partial charge is 0.271 e. The number of nitrogens with zero attached hydrogens (tertiary/aromatic N) is 4. The van der Waals surface area contributed by atoms with Gasteiger partial charge >= 0.3 is 0 Å². The first-order valence-electron chi connectivity index (χ1n) is 8.92. The fourth-order valence-electron chi connectivity index (χ4n) is 3.28. The Balaban J connectivity index is 1.62. The number of hydrogen-bond acceptors (Lipinski definition) is 6. The lowest BCUT2D eigenvalue weighted by molar-refractivity contribution is -0.384. The Labute approximate surface area is 157 Å². The number of anilines is 1. The number of carbonyl (C=O) groups is 1. The standard InChI is InChI=1S/C18H24N6O3/c1-13-3-4-14(24(26)27)11-15(13)21-17(25)5-8-23-10-6-19-12-16(23)18-20-7-9-22(18)2/h3-4,7,9,11,16,19H,5-6,8,10,12H2,1-2H3,(H,21,25). The van der Waals surface area contributed by atoms with E-state index in [4.69, 9.17) is 0 Å². The predicted molar refractivity (Wildman–Crippen MR) is 101 cm³/mol. The molecule has 1 atom stereocenters. The maximum absolute atomic E-state index is 12.4. The Morgan fingerprint density at radius 3 is 3.00 bits per heavy atom. The van der Waals surface area contributed by atoms with Gasteiger partial charge in [-0.15, -0.1) is 0 Å². The fourth-order valence-corrected chi connectivity index (χ4v) is 3.28. The summed E-state index contributed by atoms with van der Waals surface area (Å²) in [6.07, 6.45) is 4.00. The molecule has 1 saturated heterocycles. The Morgan fingerprint density at radius 1 is 1.48 bits per heavy atom. The van der Waals surface area contributed by atoms with Crippen molar-refractivity contribution in [3.05, 3.63) is 52.1 Å². The normalized spacial score (nSPS) is 17.6. The summed E-state index contributed by atoms with van der Waals surface area (Å²) in [4.78, 5) is 29.6. The van der Waals surface area contributed by atoms with E-state index in [1.165, 1.54) is 12.1 Å². The van der Waals surface area contributed by atoms with Crippen molar-refractivity contribution in [1.29, 1.82) is 0 Å². The number of carbonyl (C=O) groups excluding carboxylic acids is 1. The van der Waals surface area contributed by atoms with Crippen molar-refractivity contribution >= 4 is 17.3 Å². The molecule has 9 heteroatoms. The molecule has 1 aromatic carbocycles. The van der Waals surface area contributed by atoms with E-state index in [2.05, 4.69) is 20.5 Å². The van der Waals surface area contributed by atoms with Gasteiger partial charge in [0.1, 0.15) is 5.82 Å². The van der Waals surface area contributed by atoms with E-state index in [0.29, 0.717) is 18.7 Å². The van der Waals surface area contributed by atoms with E-state index in [0.717, 1.165) is 31.0 Å². The fraction of sp³-hybridized carbons (Fsp3) is 0.444. The van der Waals surface area contributed by atoms with Gasteiger partial charge in [0.25, 0.3) is 5.69 Å². The van der Waals surface area contributed by atoms with Crippen LogP contribution >= 0.6 is 0 Å². The molecule has 2 heterocycles. The molecule has 1 fully saturated rings. The van der Waals surface area contributed by atoms with Crippen LogP contribution in [0.3, 0.4) is 0 Å². The van der Waals surface area contributed by atoms with Crippen LogP contribution in [0.1, 0.15) is 23.9 Å². The van der Waals surface area contributed by atoms with Crippen LogP contribution in [0.4, 0.5) is 11.4 Å². The highest BCUT2D eigenvalue weighted by atomic mass is 16.6. The van der Waals surface area contributed by atoms with Crippen molar-refractivity contribution in [3.63, 3.8) is 0 Å². The highest BCUT2D eigenvalue weighted by Gasteiger charge is 2.27. The molecule has 0 radical (unpaired) electrons. The van der Waals surface area contributed by atoms with Gasteiger partial charge in [-0.3, -0.25) is 19.8 Å². The largest absolute Gasteiger partial charge is 0.337 e. The number of amides is 1. The molecule has 1 aliphatic heterocycles. The van der Waals surface area contributed by atoms with Crippen LogP contribution in [0.25, 0.3) is 0 Å². The molecule has 27 heavy (non-hydrogen) atoms. The van der Waals surface area contributed by atoms with Crippen molar-refractivity contribution in [2.45, 2.75) is 19.4 Å². The number of benzene rings is 1. The van der Waals surface area contributed by atoms with Crippen molar-refractivity contribution in [1.82, 2.24) is 19.8 Å². The third-order valence-corrected chi connectivity index (χ3v) is 4.84. The zero-order chi connectivity index (χ0) is 19.4. The number of piperazine rings is 1. The molecule has 0 aliphatic carbocycles. The lowest BCUT2D eigenvalue weighted by atomic mass is 10.1. The van der Waals surface area contributed by atoms with Gasteiger partial charge in [-0.25, -0.2) is 4.98 Å². The summed E-state index contributed by atoms with van der Waals surface area (Å²) in [7, 11) is 1.97. The van der Waals surface area contributed by atoms with E-state index in [1.807, 2.05) is 24.7 Å². The summed E-state index contributed by atoms with van der Waals surface area (Å²) in [5.41, 5.74) is 1.24. The highest BCUT2D eigenvalue weighted by Crippen LogP contribution is 2.23. The molecule has 2 aromatic rings. The summed E-state index contributed by atoms with van der Waals surface area (Å²) in [5, 5.41) is 17.1. The van der Waals surface area contributed by atoms with Gasteiger partial charge in [0, 0.05) is 64.2 Å². The van der Waals surface area contributed by atoms with Crippen molar-refractivity contribution in [2.75, 3.05) is 31.5 Å². The number of rotatable bonds is 6. The Kier molecular flexibility index (Phi) is 5.82. The number of non-ortho nitro benzene ring substituents is 1. The van der Waals surface area contributed by atoms with Crippen LogP contribution < -0.4 is 10.6 Å². The maximum atomic E-state index is 12.4. The number of nitro groups is 1. The summed E-state index contributed by atoms with van der Waals surface area (Å²) in [5.74, 6) is 0.813. The Hall–Kier alpha value is -2.78. The Bertz CT molecular complexity index is 834. The molecule has 0 bridgehead atoms. The predicted octanol–water partition coefficient (Wildman–Crippen LogP) is 1.61. The van der Waals surface area contributed by atoms with E-state index < -0.39 is 4.92 Å². The topological polar surface area (TPSA) is 105 Å². The molecule has 1 unspecified atom stereocenters. The van der Waals surface area contributed by atoms with Gasteiger partial charge in [-0.1, -0.05) is 6.07 Å². The summed E-state index contributed by atoms with van der Waals surface area (Å²) in [6, 6.07) is 4.59. The van der Waals surface area contributed by atoms with Crippen molar-refractivity contribution < 1.29 is 9.72 Å². The minimum Gasteiger partial charge on any atom is -0.337 e. The molecular weight excluding hydrogens is 348 g/mol. The number of aryl methyl sites for hydroxylation is 2. The van der Waals surface area contributed by atoms with Crippen LogP contribution in [0.2, 0.25) is 0 Å². The number of nitrogens with one attached hydrogen (secondary N) is 2. The lowest BCUT2D eigenvalue weighted by Gasteiger charge is -2.35. The zero-order valence-electron chi connectivity index (χ0n) is 15.5. The van der Waals surface area contributed by atoms with E-state index >= 15 is 0 Å². The van der Waals surface area contributed by atoms with Crippen LogP contribution in [-0.4, -0.2) is 51.5 Å². The minimum atomic E-state index is -0.465. The van der Waals surface area contributed by atoms with Gasteiger partial charge in [0.15, 0.2) is 0 Å².